The minimum Gasteiger partial charge on any atom is -0.469 e. The molecule has 0 heterocycles. The van der Waals surface area contributed by atoms with Crippen LogP contribution in [0.3, 0.4) is 0 Å². The fourth-order valence-electron chi connectivity index (χ4n) is 0.660. The molecule has 0 N–H and O–H groups in total. The molecule has 0 fully saturated rings. The first-order valence-corrected chi connectivity index (χ1v) is 5.50. The summed E-state index contributed by atoms with van der Waals surface area (Å²) in [6.45, 7) is 4.41. The van der Waals surface area contributed by atoms with Gasteiger partial charge in [-0.2, -0.15) is 11.8 Å². The molecule has 0 rings (SSSR count). The van der Waals surface area contributed by atoms with E-state index in [0.29, 0.717) is 6.42 Å². The second kappa shape index (κ2) is 7.47. The van der Waals surface area contributed by atoms with Crippen LogP contribution in [0.5, 0.6) is 0 Å². The smallest absolute Gasteiger partial charge is 0.306 e. The highest BCUT2D eigenvalue weighted by Gasteiger charge is 2.01. The molecule has 3 heteroatoms. The Morgan fingerprint density at radius 2 is 2.25 bits per heavy atom. The van der Waals surface area contributed by atoms with E-state index < -0.39 is 0 Å². The van der Waals surface area contributed by atoms with E-state index in [1.807, 2.05) is 11.8 Å². The van der Waals surface area contributed by atoms with Crippen LogP contribution in [0.15, 0.2) is 0 Å². The van der Waals surface area contributed by atoms with Crippen molar-refractivity contribution in [2.75, 3.05) is 18.6 Å². The molecule has 0 aliphatic heterocycles. The normalized spacial score (nSPS) is 12.6. The Labute approximate surface area is 79.1 Å². The Morgan fingerprint density at radius 1 is 1.58 bits per heavy atom. The van der Waals surface area contributed by atoms with Gasteiger partial charge < -0.3 is 4.74 Å². The summed E-state index contributed by atoms with van der Waals surface area (Å²) in [5.41, 5.74) is 0. The molecule has 0 aromatic carbocycles. The molecular formula is C9H18O2S. The number of rotatable bonds is 6. The molecule has 0 amide bonds. The van der Waals surface area contributed by atoms with Gasteiger partial charge in [0.2, 0.25) is 0 Å². The van der Waals surface area contributed by atoms with Crippen LogP contribution in [0, 0.1) is 5.92 Å². The summed E-state index contributed by atoms with van der Waals surface area (Å²) >= 11 is 1.83. The van der Waals surface area contributed by atoms with Gasteiger partial charge in [0.15, 0.2) is 0 Å². The summed E-state index contributed by atoms with van der Waals surface area (Å²) in [6, 6.07) is 0. The lowest BCUT2D eigenvalue weighted by Crippen LogP contribution is -2.03. The van der Waals surface area contributed by atoms with Crippen molar-refractivity contribution in [2.24, 2.45) is 5.92 Å². The van der Waals surface area contributed by atoms with Crippen molar-refractivity contribution in [3.8, 4) is 0 Å². The highest BCUT2D eigenvalue weighted by atomic mass is 32.2. The standard InChI is InChI=1S/C9H18O2S/c1-4-8(2)7-12-6-5-9(10)11-3/h8H,4-7H2,1-3H3. The number of methoxy groups -OCH3 is 1. The third kappa shape index (κ3) is 6.53. The van der Waals surface area contributed by atoms with E-state index in [0.717, 1.165) is 17.4 Å². The van der Waals surface area contributed by atoms with Crippen LogP contribution < -0.4 is 0 Å². The van der Waals surface area contributed by atoms with Crippen LogP contribution in [0.2, 0.25) is 0 Å². The lowest BCUT2D eigenvalue weighted by molar-refractivity contribution is -0.140. The molecule has 72 valence electrons. The van der Waals surface area contributed by atoms with Crippen LogP contribution in [0.25, 0.3) is 0 Å². The lowest BCUT2D eigenvalue weighted by atomic mass is 10.2. The predicted molar refractivity (Wildman–Crippen MR) is 53.4 cm³/mol. The zero-order valence-corrected chi connectivity index (χ0v) is 8.95. The van der Waals surface area contributed by atoms with E-state index in [1.165, 1.54) is 13.5 Å². The lowest BCUT2D eigenvalue weighted by Gasteiger charge is -2.06. The molecule has 1 atom stereocenters. The second-order valence-corrected chi connectivity index (χ2v) is 4.06. The molecule has 2 nitrogen and oxygen atoms in total. The summed E-state index contributed by atoms with van der Waals surface area (Å²) in [5.74, 6) is 2.68. The molecular weight excluding hydrogens is 172 g/mol. The fraction of sp³-hybridized carbons (Fsp3) is 0.889. The van der Waals surface area contributed by atoms with Gasteiger partial charge in [-0.05, 0) is 11.7 Å². The van der Waals surface area contributed by atoms with Crippen LogP contribution in [0.1, 0.15) is 26.7 Å². The van der Waals surface area contributed by atoms with Crippen molar-refractivity contribution in [3.05, 3.63) is 0 Å². The molecule has 0 spiro atoms. The van der Waals surface area contributed by atoms with E-state index in [-0.39, 0.29) is 5.97 Å². The molecule has 0 saturated heterocycles. The monoisotopic (exact) mass is 190 g/mol. The highest BCUT2D eigenvalue weighted by molar-refractivity contribution is 7.99. The molecule has 12 heavy (non-hydrogen) atoms. The van der Waals surface area contributed by atoms with Crippen LogP contribution in [-0.4, -0.2) is 24.6 Å². The van der Waals surface area contributed by atoms with Crippen molar-refractivity contribution >= 4 is 17.7 Å². The largest absolute Gasteiger partial charge is 0.469 e. The fourth-order valence-corrected chi connectivity index (χ4v) is 1.78. The van der Waals surface area contributed by atoms with Crippen molar-refractivity contribution in [2.45, 2.75) is 26.7 Å². The molecule has 0 aromatic rings. The average molecular weight is 190 g/mol. The molecule has 0 saturated carbocycles. The van der Waals surface area contributed by atoms with E-state index in [9.17, 15) is 4.79 Å². The number of hydrogen-bond donors (Lipinski definition) is 0. The van der Waals surface area contributed by atoms with Gasteiger partial charge in [0.1, 0.15) is 0 Å². The van der Waals surface area contributed by atoms with Crippen molar-refractivity contribution < 1.29 is 9.53 Å². The van der Waals surface area contributed by atoms with Gasteiger partial charge in [0, 0.05) is 5.75 Å². The average Bonchev–Trinajstić information content (AvgIpc) is 2.11. The molecule has 0 aliphatic carbocycles. The van der Waals surface area contributed by atoms with Crippen LogP contribution >= 0.6 is 11.8 Å². The van der Waals surface area contributed by atoms with Gasteiger partial charge in [-0.3, -0.25) is 4.79 Å². The van der Waals surface area contributed by atoms with Gasteiger partial charge in [-0.25, -0.2) is 0 Å². The zero-order valence-electron chi connectivity index (χ0n) is 8.13. The van der Waals surface area contributed by atoms with Crippen LogP contribution in [0.4, 0.5) is 0 Å². The number of carbonyl (C=O) groups excluding carboxylic acids is 1. The highest BCUT2D eigenvalue weighted by Crippen LogP contribution is 2.11. The Hall–Kier alpha value is -0.180. The third-order valence-corrected chi connectivity index (χ3v) is 3.08. The van der Waals surface area contributed by atoms with Gasteiger partial charge in [-0.15, -0.1) is 0 Å². The maximum Gasteiger partial charge on any atom is 0.306 e. The van der Waals surface area contributed by atoms with Gasteiger partial charge in [0.05, 0.1) is 13.5 Å². The summed E-state index contributed by atoms with van der Waals surface area (Å²) < 4.78 is 4.53. The first kappa shape index (κ1) is 11.8. The number of carbonyl (C=O) groups is 1. The first-order chi connectivity index (χ1) is 5.70. The number of hydrogen-bond acceptors (Lipinski definition) is 3. The Bertz CT molecular complexity index is 126. The van der Waals surface area contributed by atoms with Gasteiger partial charge >= 0.3 is 5.97 Å². The Kier molecular flexibility index (Phi) is 7.36. The van der Waals surface area contributed by atoms with Crippen molar-refractivity contribution in [3.63, 3.8) is 0 Å². The number of esters is 1. The minimum absolute atomic E-state index is 0.105. The second-order valence-electron chi connectivity index (χ2n) is 2.91. The number of thioether (sulfide) groups is 1. The van der Waals surface area contributed by atoms with E-state index in [2.05, 4.69) is 18.6 Å². The van der Waals surface area contributed by atoms with E-state index >= 15 is 0 Å². The number of ether oxygens (including phenoxy) is 1. The summed E-state index contributed by atoms with van der Waals surface area (Å²) in [6.07, 6.45) is 1.75. The van der Waals surface area contributed by atoms with Crippen molar-refractivity contribution in [1.29, 1.82) is 0 Å². The molecule has 0 aliphatic rings. The Morgan fingerprint density at radius 3 is 2.75 bits per heavy atom. The minimum atomic E-state index is -0.105. The van der Waals surface area contributed by atoms with E-state index in [4.69, 9.17) is 0 Å². The molecule has 0 radical (unpaired) electrons. The zero-order chi connectivity index (χ0) is 9.40. The molecule has 0 bridgehead atoms. The molecule has 1 unspecified atom stereocenters. The predicted octanol–water partition coefficient (Wildman–Crippen LogP) is 2.33. The summed E-state index contributed by atoms with van der Waals surface area (Å²) in [7, 11) is 1.43. The first-order valence-electron chi connectivity index (χ1n) is 4.35. The Balaban J connectivity index is 3.15. The van der Waals surface area contributed by atoms with Gasteiger partial charge in [-0.1, -0.05) is 20.3 Å². The van der Waals surface area contributed by atoms with E-state index in [1.54, 1.807) is 0 Å². The SMILES string of the molecule is CCC(C)CSCCC(=O)OC. The van der Waals surface area contributed by atoms with Crippen molar-refractivity contribution in [1.82, 2.24) is 0 Å². The topological polar surface area (TPSA) is 26.3 Å². The maximum atomic E-state index is 10.7. The van der Waals surface area contributed by atoms with Crippen LogP contribution in [-0.2, 0) is 9.53 Å². The van der Waals surface area contributed by atoms with Gasteiger partial charge in [0.25, 0.3) is 0 Å². The third-order valence-electron chi connectivity index (χ3n) is 1.78. The quantitative estimate of drug-likeness (QED) is 0.475. The summed E-state index contributed by atoms with van der Waals surface area (Å²) in [5, 5.41) is 0. The maximum absolute atomic E-state index is 10.7. The molecule has 0 aromatic heterocycles. The summed E-state index contributed by atoms with van der Waals surface area (Å²) in [4.78, 5) is 10.7.